The van der Waals surface area contributed by atoms with Crippen molar-refractivity contribution in [2.75, 3.05) is 45.4 Å². The van der Waals surface area contributed by atoms with Crippen molar-refractivity contribution >= 4 is 58.2 Å². The van der Waals surface area contributed by atoms with E-state index < -0.39 is 24.1 Å². The van der Waals surface area contributed by atoms with Gasteiger partial charge in [-0.25, -0.2) is 4.79 Å². The van der Waals surface area contributed by atoms with Crippen LogP contribution in [0.4, 0.5) is 4.79 Å². The summed E-state index contributed by atoms with van der Waals surface area (Å²) in [6, 6.07) is -1.41. The Bertz CT molecular complexity index is 666. The molecule has 18 heteroatoms. The molecule has 0 fully saturated rings. The average Bonchev–Trinajstić information content (AvgIpc) is 2.96. The number of aldehydes is 1. The molecule has 0 aromatic heterocycles. The molecule has 3 amide bonds. The van der Waals surface area contributed by atoms with Gasteiger partial charge in [-0.3, -0.25) is 19.2 Å². The minimum Gasteiger partial charge on any atom is -0.483 e. The number of nitrogens with one attached hydrogen (secondary N) is 3. The number of carboxylic acids is 1. The van der Waals surface area contributed by atoms with E-state index in [0.717, 1.165) is 25.7 Å². The standard InChI is InChI=1S/C15H31N5O4S2.C4H7NO3.C2H6.CH2O2.CH4O/c1-11(10-26-25-8-7-24-15(23)18-2)20-14(22)12(17)5-3-4-6-19-13(21)9-16;5-3(2-6)1-4(7)8;1-2;2-1-3;1-2/h11-12H,3-10,16-17H2,1-2H3,(H,18,23)(H,19,21)(H,20,22);2-3H,1,5H2,(H,7,8);1-2H3;1H,(H,2,3);2H,1H3/t;3-;;;/m.0.../s1. The summed E-state index contributed by atoms with van der Waals surface area (Å²) in [6.07, 6.45) is 1.76. The molecule has 0 aliphatic carbocycles. The monoisotopic (exact) mass is 634 g/mol. The number of hydrogen-bond donors (Lipinski definition) is 9. The molecule has 0 bridgehead atoms. The summed E-state index contributed by atoms with van der Waals surface area (Å²) in [4.78, 5) is 61.6. The van der Waals surface area contributed by atoms with Crippen molar-refractivity contribution < 1.29 is 48.8 Å². The normalized spacial score (nSPS) is 11.1. The molecular weight excluding hydrogens is 584 g/mol. The lowest BCUT2D eigenvalue weighted by Gasteiger charge is -2.17. The Kier molecular flexibility index (Phi) is 46.4. The maximum Gasteiger partial charge on any atom is 0.406 e. The number of aliphatic hydroxyl groups excluding tert-OH is 1. The maximum absolute atomic E-state index is 12.0. The molecule has 0 spiro atoms. The van der Waals surface area contributed by atoms with Gasteiger partial charge in [0.2, 0.25) is 11.8 Å². The number of unbranched alkanes of at least 4 members (excludes halogenated alkanes) is 1. The predicted octanol–water partition coefficient (Wildman–Crippen LogP) is -0.876. The van der Waals surface area contributed by atoms with Crippen molar-refractivity contribution in [3.8, 4) is 0 Å². The summed E-state index contributed by atoms with van der Waals surface area (Å²) in [6.45, 7) is 6.53. The smallest absolute Gasteiger partial charge is 0.406 e. The van der Waals surface area contributed by atoms with Gasteiger partial charge in [0.1, 0.15) is 12.9 Å². The lowest BCUT2D eigenvalue weighted by atomic mass is 10.1. The van der Waals surface area contributed by atoms with Gasteiger partial charge in [0, 0.05) is 38.2 Å². The summed E-state index contributed by atoms with van der Waals surface area (Å²) < 4.78 is 4.87. The minimum absolute atomic E-state index is 0.00486. The first-order valence-corrected chi connectivity index (χ1v) is 15.0. The number of nitrogens with two attached hydrogens (primary N) is 3. The van der Waals surface area contributed by atoms with E-state index in [9.17, 15) is 24.0 Å². The third-order valence-corrected chi connectivity index (χ3v) is 6.31. The van der Waals surface area contributed by atoms with Gasteiger partial charge >= 0.3 is 12.1 Å². The molecule has 41 heavy (non-hydrogen) atoms. The Morgan fingerprint density at radius 1 is 1.05 bits per heavy atom. The average molecular weight is 635 g/mol. The van der Waals surface area contributed by atoms with Gasteiger partial charge in [-0.1, -0.05) is 35.4 Å². The number of carbonyl (C=O) groups excluding carboxylic acids is 4. The van der Waals surface area contributed by atoms with Gasteiger partial charge < -0.3 is 58.0 Å². The topological polar surface area (TPSA) is 286 Å². The maximum atomic E-state index is 12.0. The molecule has 0 rings (SSSR count). The Labute approximate surface area is 250 Å². The summed E-state index contributed by atoms with van der Waals surface area (Å²) in [5.41, 5.74) is 16.0. The number of ether oxygens (including phenoxy) is 1. The summed E-state index contributed by atoms with van der Waals surface area (Å²) in [5.74, 6) is 0.00534. The second kappa shape index (κ2) is 39.5. The molecule has 0 saturated heterocycles. The van der Waals surface area contributed by atoms with Crippen molar-refractivity contribution in [2.45, 2.75) is 64.6 Å². The zero-order valence-electron chi connectivity index (χ0n) is 24.5. The first kappa shape index (κ1) is 48.1. The van der Waals surface area contributed by atoms with E-state index in [2.05, 4.69) is 16.0 Å². The highest BCUT2D eigenvalue weighted by molar-refractivity contribution is 8.76. The molecule has 244 valence electrons. The number of amides is 3. The van der Waals surface area contributed by atoms with E-state index in [-0.39, 0.29) is 37.3 Å². The van der Waals surface area contributed by atoms with Gasteiger partial charge in [0.05, 0.1) is 25.0 Å². The molecule has 0 saturated carbocycles. The second-order valence-corrected chi connectivity index (χ2v) is 9.69. The van der Waals surface area contributed by atoms with Crippen molar-refractivity contribution in [1.82, 2.24) is 16.0 Å². The molecule has 3 atom stereocenters. The molecule has 0 aliphatic rings. The molecule has 0 radical (unpaired) electrons. The van der Waals surface area contributed by atoms with E-state index in [1.807, 2.05) is 20.8 Å². The number of carbonyl (C=O) groups is 6. The molecular formula is C23H50N6O10S2. The third-order valence-electron chi connectivity index (χ3n) is 3.77. The van der Waals surface area contributed by atoms with Crippen LogP contribution in [-0.2, 0) is 28.7 Å². The van der Waals surface area contributed by atoms with Crippen molar-refractivity contribution in [3.05, 3.63) is 0 Å². The Morgan fingerprint density at radius 2 is 1.61 bits per heavy atom. The number of rotatable bonds is 17. The van der Waals surface area contributed by atoms with Gasteiger partial charge in [-0.15, -0.1) is 0 Å². The molecule has 0 heterocycles. The number of aliphatic hydroxyl groups is 1. The van der Waals surface area contributed by atoms with E-state index in [1.54, 1.807) is 21.6 Å². The third kappa shape index (κ3) is 44.6. The van der Waals surface area contributed by atoms with Gasteiger partial charge in [0.25, 0.3) is 6.47 Å². The van der Waals surface area contributed by atoms with Crippen LogP contribution in [0, 0.1) is 0 Å². The van der Waals surface area contributed by atoms with E-state index in [4.69, 9.17) is 42.1 Å². The molecule has 2 unspecified atom stereocenters. The Morgan fingerprint density at radius 3 is 2.05 bits per heavy atom. The first-order chi connectivity index (χ1) is 19.5. The largest absolute Gasteiger partial charge is 0.483 e. The van der Waals surface area contributed by atoms with Crippen LogP contribution in [0.5, 0.6) is 0 Å². The first-order valence-electron chi connectivity index (χ1n) is 12.6. The van der Waals surface area contributed by atoms with Crippen LogP contribution in [-0.4, -0.2) is 115 Å². The van der Waals surface area contributed by atoms with Gasteiger partial charge in [-0.2, -0.15) is 0 Å². The highest BCUT2D eigenvalue weighted by Gasteiger charge is 2.15. The van der Waals surface area contributed by atoms with E-state index in [0.29, 0.717) is 31.6 Å². The number of alkyl carbamates (subject to hydrolysis) is 1. The van der Waals surface area contributed by atoms with Crippen molar-refractivity contribution in [2.24, 2.45) is 17.2 Å². The Balaban J connectivity index is -0.000000238. The fourth-order valence-electron chi connectivity index (χ4n) is 2.01. The van der Waals surface area contributed by atoms with Crippen LogP contribution in [0.2, 0.25) is 0 Å². The quantitative estimate of drug-likeness (QED) is 0.0533. The molecule has 16 nitrogen and oxygen atoms in total. The highest BCUT2D eigenvalue weighted by atomic mass is 33.1. The van der Waals surface area contributed by atoms with Crippen LogP contribution < -0.4 is 33.2 Å². The number of aliphatic carboxylic acids is 1. The minimum atomic E-state index is -1.05. The molecule has 0 aromatic carbocycles. The number of hydrogen-bond acceptors (Lipinski definition) is 13. The van der Waals surface area contributed by atoms with E-state index in [1.165, 1.54) is 7.05 Å². The van der Waals surface area contributed by atoms with Crippen LogP contribution in [0.25, 0.3) is 0 Å². The predicted molar refractivity (Wildman–Crippen MR) is 161 cm³/mol. The Hall–Kier alpha value is -2.64. The van der Waals surface area contributed by atoms with Gasteiger partial charge in [-0.05, 0) is 26.2 Å². The molecule has 0 aliphatic heterocycles. The van der Waals surface area contributed by atoms with Gasteiger partial charge in [0.15, 0.2) is 0 Å². The van der Waals surface area contributed by atoms with Crippen molar-refractivity contribution in [1.29, 1.82) is 0 Å². The number of carboxylic acid groups (broad SMARTS) is 2. The fraction of sp³-hybridized carbons (Fsp3) is 0.739. The van der Waals surface area contributed by atoms with Crippen LogP contribution in [0.15, 0.2) is 0 Å². The van der Waals surface area contributed by atoms with Crippen LogP contribution >= 0.6 is 21.6 Å². The summed E-state index contributed by atoms with van der Waals surface area (Å²) in [7, 11) is 5.69. The SMILES string of the molecule is CC.CNC(=O)OCCSSCC(C)NC(=O)C(N)CCCCNC(=O)CN.CO.N[C@H](C=O)CC(=O)O.O=CO. The zero-order chi connectivity index (χ0) is 33.1. The molecule has 12 N–H and O–H groups in total. The fourth-order valence-corrected chi connectivity index (χ4v) is 4.12. The van der Waals surface area contributed by atoms with Crippen LogP contribution in [0.1, 0.15) is 46.5 Å². The van der Waals surface area contributed by atoms with Crippen molar-refractivity contribution in [3.63, 3.8) is 0 Å². The lowest BCUT2D eigenvalue weighted by molar-refractivity contribution is -0.138. The summed E-state index contributed by atoms with van der Waals surface area (Å²) in [5, 5.41) is 29.8. The zero-order valence-corrected chi connectivity index (χ0v) is 26.1. The highest BCUT2D eigenvalue weighted by Crippen LogP contribution is 2.21. The molecule has 0 aromatic rings. The lowest BCUT2D eigenvalue weighted by Crippen LogP contribution is -2.45. The summed E-state index contributed by atoms with van der Waals surface area (Å²) >= 11 is 0. The van der Waals surface area contributed by atoms with Crippen LogP contribution in [0.3, 0.4) is 0 Å². The second-order valence-electron chi connectivity index (χ2n) is 7.06. The van der Waals surface area contributed by atoms with E-state index >= 15 is 0 Å².